The Morgan fingerprint density at radius 2 is 1.63 bits per heavy atom. The molecule has 0 aliphatic rings. The van der Waals surface area contributed by atoms with Gasteiger partial charge in [-0.05, 0) is 54.7 Å². The molecule has 0 aliphatic carbocycles. The number of benzene rings is 2. The van der Waals surface area contributed by atoms with Crippen LogP contribution in [-0.4, -0.2) is 17.9 Å². The molecule has 5 nitrogen and oxygen atoms in total. The number of amides is 2. The van der Waals surface area contributed by atoms with E-state index >= 15 is 0 Å². The van der Waals surface area contributed by atoms with Crippen molar-refractivity contribution in [3.8, 4) is 5.75 Å². The van der Waals surface area contributed by atoms with E-state index in [1.54, 1.807) is 19.1 Å². The third-order valence-corrected chi connectivity index (χ3v) is 4.22. The van der Waals surface area contributed by atoms with Crippen molar-refractivity contribution >= 4 is 23.2 Å². The van der Waals surface area contributed by atoms with Crippen molar-refractivity contribution in [3.63, 3.8) is 0 Å². The van der Waals surface area contributed by atoms with Gasteiger partial charge in [0.25, 0.3) is 5.91 Å². The van der Waals surface area contributed by atoms with Gasteiger partial charge >= 0.3 is 0 Å². The lowest BCUT2D eigenvalue weighted by atomic mass is 9.87. The Bertz CT molecular complexity index is 820. The van der Waals surface area contributed by atoms with E-state index in [0.29, 0.717) is 17.1 Å². The SMILES string of the molecule is CC(=O)Nc1ccc(C)c(NC(=O)C(C)Oc2ccc(C(C)(C)C)cc2)c1. The average Bonchev–Trinajstić information content (AvgIpc) is 2.57. The topological polar surface area (TPSA) is 67.4 Å². The standard InChI is InChI=1S/C22H28N2O3/c1-14-7-10-18(23-16(3)25)13-20(14)24-21(26)15(2)27-19-11-8-17(9-12-19)22(4,5)6/h7-13,15H,1-6H3,(H,23,25)(H,24,26). The summed E-state index contributed by atoms with van der Waals surface area (Å²) in [7, 11) is 0. The first-order valence-electron chi connectivity index (χ1n) is 9.02. The molecule has 0 radical (unpaired) electrons. The summed E-state index contributed by atoms with van der Waals surface area (Å²) in [5.74, 6) is 0.235. The van der Waals surface area contributed by atoms with E-state index < -0.39 is 6.10 Å². The monoisotopic (exact) mass is 368 g/mol. The summed E-state index contributed by atoms with van der Waals surface area (Å²) in [4.78, 5) is 23.7. The minimum Gasteiger partial charge on any atom is -0.481 e. The Morgan fingerprint density at radius 1 is 1.00 bits per heavy atom. The van der Waals surface area contributed by atoms with Gasteiger partial charge in [-0.15, -0.1) is 0 Å². The Labute approximate surface area is 161 Å². The number of carbonyl (C=O) groups excluding carboxylic acids is 2. The normalized spacial score (nSPS) is 12.2. The van der Waals surface area contributed by atoms with Crippen LogP contribution in [0.25, 0.3) is 0 Å². The van der Waals surface area contributed by atoms with Crippen LogP contribution < -0.4 is 15.4 Å². The number of carbonyl (C=O) groups is 2. The number of hydrogen-bond acceptors (Lipinski definition) is 3. The summed E-state index contributed by atoms with van der Waals surface area (Å²) < 4.78 is 5.77. The van der Waals surface area contributed by atoms with Gasteiger partial charge in [0.05, 0.1) is 0 Å². The fourth-order valence-electron chi connectivity index (χ4n) is 2.56. The van der Waals surface area contributed by atoms with E-state index in [0.717, 1.165) is 5.56 Å². The van der Waals surface area contributed by atoms with Crippen LogP contribution in [0.3, 0.4) is 0 Å². The Kier molecular flexibility index (Phi) is 6.26. The molecule has 1 unspecified atom stereocenters. The molecule has 0 saturated heterocycles. The molecule has 0 aromatic heterocycles. The highest BCUT2D eigenvalue weighted by Gasteiger charge is 2.17. The van der Waals surface area contributed by atoms with Gasteiger partial charge in [0, 0.05) is 18.3 Å². The molecule has 5 heteroatoms. The maximum Gasteiger partial charge on any atom is 0.265 e. The van der Waals surface area contributed by atoms with Crippen LogP contribution in [0.1, 0.15) is 45.7 Å². The second-order valence-corrected chi connectivity index (χ2v) is 7.73. The zero-order valence-corrected chi connectivity index (χ0v) is 16.8. The molecule has 0 fully saturated rings. The molecule has 0 heterocycles. The van der Waals surface area contributed by atoms with Crippen molar-refractivity contribution in [2.45, 2.75) is 53.1 Å². The van der Waals surface area contributed by atoms with E-state index in [9.17, 15) is 9.59 Å². The summed E-state index contributed by atoms with van der Waals surface area (Å²) in [6, 6.07) is 13.2. The predicted molar refractivity (Wildman–Crippen MR) is 109 cm³/mol. The average molecular weight is 368 g/mol. The van der Waals surface area contributed by atoms with E-state index in [4.69, 9.17) is 4.74 Å². The Balaban J connectivity index is 2.04. The minimum absolute atomic E-state index is 0.0674. The lowest BCUT2D eigenvalue weighted by Gasteiger charge is -2.20. The fourth-order valence-corrected chi connectivity index (χ4v) is 2.56. The van der Waals surface area contributed by atoms with Crippen LogP contribution in [-0.2, 0) is 15.0 Å². The van der Waals surface area contributed by atoms with Gasteiger partial charge in [-0.3, -0.25) is 9.59 Å². The lowest BCUT2D eigenvalue weighted by molar-refractivity contribution is -0.122. The molecule has 1 atom stereocenters. The molecular weight excluding hydrogens is 340 g/mol. The minimum atomic E-state index is -0.658. The number of rotatable bonds is 5. The van der Waals surface area contributed by atoms with Crippen LogP contribution in [0.2, 0.25) is 0 Å². The first-order chi connectivity index (χ1) is 12.6. The van der Waals surface area contributed by atoms with Gasteiger partial charge in [0.15, 0.2) is 6.10 Å². The third-order valence-electron chi connectivity index (χ3n) is 4.22. The van der Waals surface area contributed by atoms with Crippen LogP contribution in [0.5, 0.6) is 5.75 Å². The van der Waals surface area contributed by atoms with Gasteiger partial charge in [-0.25, -0.2) is 0 Å². The van der Waals surface area contributed by atoms with Crippen LogP contribution in [0, 0.1) is 6.92 Å². The molecule has 2 aromatic carbocycles. The predicted octanol–water partition coefficient (Wildman–Crippen LogP) is 4.66. The van der Waals surface area contributed by atoms with Gasteiger partial charge in [-0.1, -0.05) is 39.0 Å². The molecule has 2 amide bonds. The summed E-state index contributed by atoms with van der Waals surface area (Å²) in [5.41, 5.74) is 3.45. The zero-order valence-electron chi connectivity index (χ0n) is 16.8. The quantitative estimate of drug-likeness (QED) is 0.807. The van der Waals surface area contributed by atoms with Gasteiger partial charge in [0.2, 0.25) is 5.91 Å². The molecule has 0 bridgehead atoms. The first kappa shape index (κ1) is 20.5. The molecule has 2 N–H and O–H groups in total. The largest absolute Gasteiger partial charge is 0.481 e. The highest BCUT2D eigenvalue weighted by Crippen LogP contribution is 2.25. The van der Waals surface area contributed by atoms with Crippen LogP contribution in [0.4, 0.5) is 11.4 Å². The molecule has 0 saturated carbocycles. The number of anilines is 2. The molecule has 2 rings (SSSR count). The number of ether oxygens (including phenoxy) is 1. The molecule has 0 spiro atoms. The number of aryl methyl sites for hydroxylation is 1. The van der Waals surface area contributed by atoms with Crippen molar-refractivity contribution in [2.75, 3.05) is 10.6 Å². The molecular formula is C22H28N2O3. The van der Waals surface area contributed by atoms with E-state index in [1.807, 2.05) is 37.3 Å². The smallest absolute Gasteiger partial charge is 0.265 e. The molecule has 2 aromatic rings. The molecule has 0 aliphatic heterocycles. The summed E-state index contributed by atoms with van der Waals surface area (Å²) in [6.45, 7) is 11.5. The van der Waals surface area contributed by atoms with Crippen molar-refractivity contribution in [1.82, 2.24) is 0 Å². The van der Waals surface area contributed by atoms with Crippen LogP contribution >= 0.6 is 0 Å². The Morgan fingerprint density at radius 3 is 2.19 bits per heavy atom. The zero-order chi connectivity index (χ0) is 20.2. The third kappa shape index (κ3) is 5.84. The second-order valence-electron chi connectivity index (χ2n) is 7.73. The Hall–Kier alpha value is -2.82. The molecule has 144 valence electrons. The van der Waals surface area contributed by atoms with Gasteiger partial charge < -0.3 is 15.4 Å². The van der Waals surface area contributed by atoms with E-state index in [-0.39, 0.29) is 17.2 Å². The number of hydrogen-bond donors (Lipinski definition) is 2. The highest BCUT2D eigenvalue weighted by molar-refractivity contribution is 5.96. The summed E-state index contributed by atoms with van der Waals surface area (Å²) >= 11 is 0. The van der Waals surface area contributed by atoms with Crippen molar-refractivity contribution in [1.29, 1.82) is 0 Å². The number of nitrogens with one attached hydrogen (secondary N) is 2. The molecule has 27 heavy (non-hydrogen) atoms. The van der Waals surface area contributed by atoms with Crippen LogP contribution in [0.15, 0.2) is 42.5 Å². The lowest BCUT2D eigenvalue weighted by Crippen LogP contribution is -2.30. The maximum atomic E-state index is 12.5. The first-order valence-corrected chi connectivity index (χ1v) is 9.02. The van der Waals surface area contributed by atoms with Gasteiger partial charge in [-0.2, -0.15) is 0 Å². The second kappa shape index (κ2) is 8.25. The summed E-state index contributed by atoms with van der Waals surface area (Å²) in [6.07, 6.45) is -0.658. The maximum absolute atomic E-state index is 12.5. The summed E-state index contributed by atoms with van der Waals surface area (Å²) in [5, 5.41) is 5.57. The van der Waals surface area contributed by atoms with Crippen molar-refractivity contribution in [2.24, 2.45) is 0 Å². The van der Waals surface area contributed by atoms with E-state index in [1.165, 1.54) is 12.5 Å². The fraction of sp³-hybridized carbons (Fsp3) is 0.364. The van der Waals surface area contributed by atoms with Crippen molar-refractivity contribution < 1.29 is 14.3 Å². The van der Waals surface area contributed by atoms with Crippen molar-refractivity contribution in [3.05, 3.63) is 53.6 Å². The van der Waals surface area contributed by atoms with Gasteiger partial charge in [0.1, 0.15) is 5.75 Å². The highest BCUT2D eigenvalue weighted by atomic mass is 16.5. The van der Waals surface area contributed by atoms with E-state index in [2.05, 4.69) is 31.4 Å².